The molecule has 2 aliphatic rings. The quantitative estimate of drug-likeness (QED) is 0.435. The van der Waals surface area contributed by atoms with Gasteiger partial charge in [-0.1, -0.05) is 24.0 Å². The summed E-state index contributed by atoms with van der Waals surface area (Å²) in [7, 11) is 0. The normalized spacial score (nSPS) is 21.2. The number of ether oxygens (including phenoxy) is 1. The molecule has 0 aromatic carbocycles. The van der Waals surface area contributed by atoms with Gasteiger partial charge in [0.2, 0.25) is 0 Å². The lowest BCUT2D eigenvalue weighted by atomic mass is 10.1. The Bertz CT molecular complexity index is 511. The molecular formula is C15H20N2O3S2. The topological polar surface area (TPSA) is 49.9 Å². The number of thiocarbonyl (C=S) groups is 1. The summed E-state index contributed by atoms with van der Waals surface area (Å²) < 4.78 is 5.25. The van der Waals surface area contributed by atoms with E-state index in [9.17, 15) is 9.59 Å². The predicted octanol–water partition coefficient (Wildman–Crippen LogP) is 2.29. The molecule has 0 atom stereocenters. The maximum Gasteiger partial charge on any atom is 0.326 e. The van der Waals surface area contributed by atoms with Gasteiger partial charge in [-0.3, -0.25) is 14.5 Å². The molecule has 0 unspecified atom stereocenters. The SMILES string of the molecule is CCOC(=O)CN1C(=O)/C(=C\C=C\N2CCCCC2)SC1=S. The summed E-state index contributed by atoms with van der Waals surface area (Å²) in [5.41, 5.74) is 0. The summed E-state index contributed by atoms with van der Waals surface area (Å²) in [4.78, 5) is 27.8. The Labute approximate surface area is 140 Å². The van der Waals surface area contributed by atoms with Crippen molar-refractivity contribution in [3.63, 3.8) is 0 Å². The third kappa shape index (κ3) is 4.58. The Kier molecular flexibility index (Phi) is 6.45. The van der Waals surface area contributed by atoms with Crippen LogP contribution in [0.3, 0.4) is 0 Å². The van der Waals surface area contributed by atoms with Crippen molar-refractivity contribution < 1.29 is 14.3 Å². The van der Waals surface area contributed by atoms with Gasteiger partial charge >= 0.3 is 5.97 Å². The van der Waals surface area contributed by atoms with Gasteiger partial charge in [-0.05, 0) is 44.5 Å². The van der Waals surface area contributed by atoms with Crippen LogP contribution in [0, 0.1) is 0 Å². The predicted molar refractivity (Wildman–Crippen MR) is 91.2 cm³/mol. The first-order valence-electron chi connectivity index (χ1n) is 7.43. The van der Waals surface area contributed by atoms with E-state index >= 15 is 0 Å². The number of esters is 1. The molecule has 0 aromatic rings. The van der Waals surface area contributed by atoms with Crippen LogP contribution in [0.4, 0.5) is 0 Å². The minimum atomic E-state index is -0.441. The van der Waals surface area contributed by atoms with E-state index in [1.165, 1.54) is 35.9 Å². The van der Waals surface area contributed by atoms with E-state index in [1.807, 2.05) is 12.3 Å². The van der Waals surface area contributed by atoms with Crippen LogP contribution in [-0.2, 0) is 14.3 Å². The van der Waals surface area contributed by atoms with Crippen molar-refractivity contribution >= 4 is 40.2 Å². The van der Waals surface area contributed by atoms with E-state index in [4.69, 9.17) is 17.0 Å². The van der Waals surface area contributed by atoms with Crippen LogP contribution in [0.2, 0.25) is 0 Å². The van der Waals surface area contributed by atoms with Crippen molar-refractivity contribution in [2.75, 3.05) is 26.2 Å². The highest BCUT2D eigenvalue weighted by molar-refractivity contribution is 8.26. The van der Waals surface area contributed by atoms with Crippen molar-refractivity contribution in [2.45, 2.75) is 26.2 Å². The zero-order valence-corrected chi connectivity index (χ0v) is 14.3. The molecule has 0 bridgehead atoms. The molecule has 2 aliphatic heterocycles. The smallest absolute Gasteiger partial charge is 0.326 e. The second-order valence-electron chi connectivity index (χ2n) is 5.03. The maximum absolute atomic E-state index is 12.2. The summed E-state index contributed by atoms with van der Waals surface area (Å²) in [5, 5.41) is 0. The number of likely N-dealkylation sites (tertiary alicyclic amines) is 1. The Hall–Kier alpha value is -1.34. The second kappa shape index (κ2) is 8.33. The molecule has 2 saturated heterocycles. The minimum absolute atomic E-state index is 0.119. The molecule has 0 N–H and O–H groups in total. The summed E-state index contributed by atoms with van der Waals surface area (Å²) >= 11 is 6.38. The molecule has 7 heteroatoms. The number of carbonyl (C=O) groups is 2. The summed E-state index contributed by atoms with van der Waals surface area (Å²) in [5.74, 6) is -0.671. The van der Waals surface area contributed by atoms with Gasteiger partial charge in [-0.2, -0.15) is 0 Å². The molecule has 22 heavy (non-hydrogen) atoms. The fourth-order valence-corrected chi connectivity index (χ4v) is 3.51. The van der Waals surface area contributed by atoms with E-state index in [1.54, 1.807) is 13.0 Å². The highest BCUT2D eigenvalue weighted by Gasteiger charge is 2.33. The van der Waals surface area contributed by atoms with Crippen molar-refractivity contribution in [2.24, 2.45) is 0 Å². The van der Waals surface area contributed by atoms with Crippen LogP contribution in [0.5, 0.6) is 0 Å². The zero-order chi connectivity index (χ0) is 15.9. The Morgan fingerprint density at radius 1 is 1.36 bits per heavy atom. The van der Waals surface area contributed by atoms with E-state index in [-0.39, 0.29) is 12.5 Å². The van der Waals surface area contributed by atoms with Gasteiger partial charge in [0, 0.05) is 13.1 Å². The van der Waals surface area contributed by atoms with E-state index in [0.29, 0.717) is 15.8 Å². The highest BCUT2D eigenvalue weighted by Crippen LogP contribution is 2.30. The van der Waals surface area contributed by atoms with Crippen molar-refractivity contribution in [3.8, 4) is 0 Å². The number of rotatable bonds is 5. The van der Waals surface area contributed by atoms with E-state index < -0.39 is 5.97 Å². The Morgan fingerprint density at radius 3 is 2.77 bits per heavy atom. The Morgan fingerprint density at radius 2 is 2.09 bits per heavy atom. The van der Waals surface area contributed by atoms with Crippen LogP contribution in [0.1, 0.15) is 26.2 Å². The molecule has 2 heterocycles. The number of hydrogen-bond donors (Lipinski definition) is 0. The highest BCUT2D eigenvalue weighted by atomic mass is 32.2. The molecule has 0 spiro atoms. The Balaban J connectivity index is 1.93. The van der Waals surface area contributed by atoms with Crippen LogP contribution in [0.25, 0.3) is 0 Å². The summed E-state index contributed by atoms with van der Waals surface area (Å²) in [6, 6.07) is 0. The molecule has 2 fully saturated rings. The summed E-state index contributed by atoms with van der Waals surface area (Å²) in [6.07, 6.45) is 9.37. The zero-order valence-electron chi connectivity index (χ0n) is 12.6. The van der Waals surface area contributed by atoms with E-state index in [2.05, 4.69) is 4.90 Å². The third-order valence-corrected chi connectivity index (χ3v) is 4.80. The first-order chi connectivity index (χ1) is 10.6. The number of nitrogens with zero attached hydrogens (tertiary/aromatic N) is 2. The van der Waals surface area contributed by atoms with Gasteiger partial charge in [0.05, 0.1) is 11.5 Å². The van der Waals surface area contributed by atoms with Crippen LogP contribution in [0.15, 0.2) is 23.3 Å². The first-order valence-corrected chi connectivity index (χ1v) is 8.66. The molecule has 5 nitrogen and oxygen atoms in total. The number of amides is 1. The molecule has 2 rings (SSSR count). The van der Waals surface area contributed by atoms with Gasteiger partial charge in [0.15, 0.2) is 0 Å². The number of allylic oxidation sites excluding steroid dienone is 2. The molecule has 0 saturated carbocycles. The standard InChI is InChI=1S/C15H20N2O3S2/c1-2-20-13(18)11-17-14(19)12(22-15(17)21)7-6-10-16-8-4-3-5-9-16/h6-7,10H,2-5,8-9,11H2,1H3/b10-6+,12-7+. The number of hydrogen-bond acceptors (Lipinski definition) is 6. The fraction of sp³-hybridized carbons (Fsp3) is 0.533. The lowest BCUT2D eigenvalue weighted by molar-refractivity contribution is -0.145. The third-order valence-electron chi connectivity index (χ3n) is 3.40. The molecule has 0 aliphatic carbocycles. The first kappa shape index (κ1) is 17.0. The average Bonchev–Trinajstić information content (AvgIpc) is 2.76. The molecular weight excluding hydrogens is 320 g/mol. The van der Waals surface area contributed by atoms with E-state index in [0.717, 1.165) is 13.1 Å². The van der Waals surface area contributed by atoms with Gasteiger partial charge in [0.25, 0.3) is 5.91 Å². The monoisotopic (exact) mass is 340 g/mol. The molecule has 0 radical (unpaired) electrons. The second-order valence-corrected chi connectivity index (χ2v) is 6.71. The fourth-order valence-electron chi connectivity index (χ4n) is 2.31. The van der Waals surface area contributed by atoms with Gasteiger partial charge in [0.1, 0.15) is 10.9 Å². The largest absolute Gasteiger partial charge is 0.465 e. The van der Waals surface area contributed by atoms with Crippen molar-refractivity contribution in [1.29, 1.82) is 0 Å². The van der Waals surface area contributed by atoms with Crippen LogP contribution >= 0.6 is 24.0 Å². The lowest BCUT2D eigenvalue weighted by Gasteiger charge is -2.24. The van der Waals surface area contributed by atoms with Crippen molar-refractivity contribution in [1.82, 2.24) is 9.80 Å². The van der Waals surface area contributed by atoms with Gasteiger partial charge in [-0.25, -0.2) is 0 Å². The van der Waals surface area contributed by atoms with Crippen molar-refractivity contribution in [3.05, 3.63) is 23.3 Å². The molecule has 120 valence electrons. The number of carbonyl (C=O) groups excluding carboxylic acids is 2. The van der Waals surface area contributed by atoms with Crippen LogP contribution < -0.4 is 0 Å². The number of thioether (sulfide) groups is 1. The lowest BCUT2D eigenvalue weighted by Crippen LogP contribution is -2.34. The average molecular weight is 340 g/mol. The number of piperidine rings is 1. The molecule has 0 aromatic heterocycles. The van der Waals surface area contributed by atoms with Gasteiger partial charge in [-0.15, -0.1) is 0 Å². The summed E-state index contributed by atoms with van der Waals surface area (Å²) in [6.45, 7) is 4.03. The van der Waals surface area contributed by atoms with Crippen LogP contribution in [-0.4, -0.2) is 52.2 Å². The maximum atomic E-state index is 12.2. The minimum Gasteiger partial charge on any atom is -0.465 e. The van der Waals surface area contributed by atoms with Gasteiger partial charge < -0.3 is 9.64 Å². The molecule has 1 amide bonds.